The Morgan fingerprint density at radius 2 is 1.88 bits per heavy atom. The highest BCUT2D eigenvalue weighted by atomic mass is 19.1. The summed E-state index contributed by atoms with van der Waals surface area (Å²) in [6, 6.07) is 9.63. The fourth-order valence-electron chi connectivity index (χ4n) is 4.61. The molecular weight excluding hydrogens is 525 g/mol. The van der Waals surface area contributed by atoms with Gasteiger partial charge in [-0.2, -0.15) is 4.39 Å². The van der Waals surface area contributed by atoms with E-state index in [4.69, 9.17) is 20.2 Å². The van der Waals surface area contributed by atoms with Gasteiger partial charge in [0.1, 0.15) is 17.4 Å². The van der Waals surface area contributed by atoms with Crippen LogP contribution in [0.15, 0.2) is 67.6 Å². The Morgan fingerprint density at radius 1 is 1.12 bits per heavy atom. The van der Waals surface area contributed by atoms with Crippen LogP contribution >= 0.6 is 0 Å². The van der Waals surface area contributed by atoms with E-state index in [1.54, 1.807) is 50.2 Å². The van der Waals surface area contributed by atoms with Crippen molar-refractivity contribution in [3.05, 3.63) is 73.6 Å². The second-order valence-corrected chi connectivity index (χ2v) is 10.2. The Hall–Kier alpha value is -4.57. The van der Waals surface area contributed by atoms with Crippen LogP contribution < -0.4 is 15.4 Å². The standard InChI is InChI=1S/C31H34FN5O4/c1-7-29(38)36(5)23-11-21(12-24(15-23)40-6)22-13-25-26(20-8-9-34-28(32)14-20)17-37(30(25)35-16-22)19(4)41-31(39)27(33)10-18(2)3/h7-9,11-19,27H,1,10,33H2,2-6H3/t19?,27-/m0/s1. The van der Waals surface area contributed by atoms with E-state index in [-0.39, 0.29) is 11.8 Å². The van der Waals surface area contributed by atoms with Crippen molar-refractivity contribution in [2.75, 3.05) is 19.1 Å². The Balaban J connectivity index is 1.83. The van der Waals surface area contributed by atoms with Gasteiger partial charge < -0.3 is 20.1 Å². The first kappa shape index (κ1) is 29.4. The van der Waals surface area contributed by atoms with Gasteiger partial charge in [0.15, 0.2) is 6.23 Å². The fraction of sp³-hybridized carbons (Fsp3) is 0.290. The number of likely N-dealkylation sites (N-methyl/N-ethyl adjacent to an activating group) is 1. The predicted octanol–water partition coefficient (Wildman–Crippen LogP) is 5.50. The number of nitrogens with two attached hydrogens (primary N) is 1. The average Bonchev–Trinajstić information content (AvgIpc) is 3.34. The number of hydrogen-bond acceptors (Lipinski definition) is 7. The smallest absolute Gasteiger partial charge is 0.324 e. The molecule has 1 aromatic carbocycles. The van der Waals surface area contributed by atoms with Gasteiger partial charge in [-0.1, -0.05) is 20.4 Å². The molecular formula is C31H34FN5O4. The zero-order valence-corrected chi connectivity index (χ0v) is 23.8. The van der Waals surface area contributed by atoms with Crippen LogP contribution in [0.5, 0.6) is 5.75 Å². The summed E-state index contributed by atoms with van der Waals surface area (Å²) in [5.41, 5.74) is 9.92. The minimum atomic E-state index is -0.749. The number of ether oxygens (including phenoxy) is 2. The maximum Gasteiger partial charge on any atom is 0.324 e. The average molecular weight is 560 g/mol. The molecule has 1 unspecified atom stereocenters. The maximum absolute atomic E-state index is 14.2. The molecule has 3 aromatic heterocycles. The number of amides is 1. The molecule has 3 heterocycles. The summed E-state index contributed by atoms with van der Waals surface area (Å²) in [5, 5.41) is 0.697. The van der Waals surface area contributed by atoms with Crippen LogP contribution in [0, 0.1) is 11.9 Å². The van der Waals surface area contributed by atoms with Gasteiger partial charge in [-0.15, -0.1) is 0 Å². The molecule has 0 spiro atoms. The molecule has 2 atom stereocenters. The SMILES string of the molecule is C=CC(=O)N(C)c1cc(OC)cc(-c2cnc3c(c2)c(-c2ccnc(F)c2)cn3C(C)OC(=O)[C@@H](N)CC(C)C)c1. The monoisotopic (exact) mass is 559 g/mol. The molecule has 9 nitrogen and oxygen atoms in total. The van der Waals surface area contributed by atoms with Crippen LogP contribution in [-0.4, -0.2) is 46.6 Å². The minimum absolute atomic E-state index is 0.236. The molecule has 0 aliphatic carbocycles. The van der Waals surface area contributed by atoms with E-state index in [9.17, 15) is 14.0 Å². The lowest BCUT2D eigenvalue weighted by atomic mass is 10.0. The first-order valence-electron chi connectivity index (χ1n) is 13.2. The van der Waals surface area contributed by atoms with Crippen molar-refractivity contribution in [1.29, 1.82) is 0 Å². The van der Waals surface area contributed by atoms with E-state index in [0.29, 0.717) is 40.0 Å². The lowest BCUT2D eigenvalue weighted by molar-refractivity contribution is -0.154. The van der Waals surface area contributed by atoms with Crippen LogP contribution in [0.4, 0.5) is 10.1 Å². The summed E-state index contributed by atoms with van der Waals surface area (Å²) in [4.78, 5) is 34.8. The number of methoxy groups -OCH3 is 1. The molecule has 4 aromatic rings. The first-order chi connectivity index (χ1) is 19.5. The number of esters is 1. The third-order valence-corrected chi connectivity index (χ3v) is 6.77. The molecule has 0 fully saturated rings. The highest BCUT2D eigenvalue weighted by Gasteiger charge is 2.23. The van der Waals surface area contributed by atoms with Crippen LogP contribution in [0.25, 0.3) is 33.3 Å². The van der Waals surface area contributed by atoms with Gasteiger partial charge in [0.25, 0.3) is 0 Å². The van der Waals surface area contributed by atoms with Gasteiger partial charge in [-0.25, -0.2) is 9.97 Å². The van der Waals surface area contributed by atoms with E-state index >= 15 is 0 Å². The molecule has 0 bridgehead atoms. The van der Waals surface area contributed by atoms with E-state index in [2.05, 4.69) is 11.6 Å². The van der Waals surface area contributed by atoms with Crippen LogP contribution in [0.1, 0.15) is 33.4 Å². The number of carbonyl (C=O) groups is 2. The van der Waals surface area contributed by atoms with Crippen molar-refractivity contribution in [3.8, 4) is 28.0 Å². The summed E-state index contributed by atoms with van der Waals surface area (Å²) >= 11 is 0. The van der Waals surface area contributed by atoms with Gasteiger partial charge in [-0.05, 0) is 60.7 Å². The molecule has 41 heavy (non-hydrogen) atoms. The van der Waals surface area contributed by atoms with Gasteiger partial charge in [0.2, 0.25) is 11.9 Å². The van der Waals surface area contributed by atoms with Crippen molar-refractivity contribution in [3.63, 3.8) is 0 Å². The lowest BCUT2D eigenvalue weighted by Gasteiger charge is -2.19. The number of hydrogen-bond donors (Lipinski definition) is 1. The van der Waals surface area contributed by atoms with Crippen LogP contribution in [0.2, 0.25) is 0 Å². The highest BCUT2D eigenvalue weighted by molar-refractivity contribution is 6.01. The number of anilines is 1. The number of fused-ring (bicyclic) bond motifs is 1. The molecule has 10 heteroatoms. The zero-order chi connectivity index (χ0) is 29.8. The number of benzene rings is 1. The molecule has 1 amide bonds. The lowest BCUT2D eigenvalue weighted by Crippen LogP contribution is -2.34. The van der Waals surface area contributed by atoms with E-state index in [1.165, 1.54) is 23.2 Å². The van der Waals surface area contributed by atoms with Crippen LogP contribution in [0.3, 0.4) is 0 Å². The fourth-order valence-corrected chi connectivity index (χ4v) is 4.61. The number of aromatic nitrogens is 3. The highest BCUT2D eigenvalue weighted by Crippen LogP contribution is 2.36. The Morgan fingerprint density at radius 3 is 2.54 bits per heavy atom. The molecule has 0 saturated heterocycles. The Bertz CT molecular complexity index is 1600. The molecule has 0 saturated carbocycles. The van der Waals surface area contributed by atoms with Crippen molar-refractivity contribution in [2.24, 2.45) is 11.7 Å². The van der Waals surface area contributed by atoms with Crippen molar-refractivity contribution in [1.82, 2.24) is 14.5 Å². The molecule has 4 rings (SSSR count). The van der Waals surface area contributed by atoms with Crippen molar-refractivity contribution < 1.29 is 23.5 Å². The Kier molecular flexibility index (Phi) is 8.83. The summed E-state index contributed by atoms with van der Waals surface area (Å²) < 4.78 is 27.1. The van der Waals surface area contributed by atoms with Crippen molar-refractivity contribution in [2.45, 2.75) is 39.5 Å². The van der Waals surface area contributed by atoms with Crippen molar-refractivity contribution >= 4 is 28.6 Å². The minimum Gasteiger partial charge on any atom is -0.497 e. The largest absolute Gasteiger partial charge is 0.497 e. The molecule has 0 aliphatic heterocycles. The quantitative estimate of drug-likeness (QED) is 0.155. The normalized spacial score (nSPS) is 12.7. The third kappa shape index (κ3) is 6.44. The number of carbonyl (C=O) groups excluding carboxylic acids is 2. The molecule has 2 N–H and O–H groups in total. The van der Waals surface area contributed by atoms with Crippen LogP contribution in [-0.2, 0) is 14.3 Å². The summed E-state index contributed by atoms with van der Waals surface area (Å²) in [6.07, 6.45) is 5.85. The predicted molar refractivity (Wildman–Crippen MR) is 157 cm³/mol. The first-order valence-corrected chi connectivity index (χ1v) is 13.2. The second kappa shape index (κ2) is 12.3. The van der Waals surface area contributed by atoms with Gasteiger partial charge in [-0.3, -0.25) is 14.2 Å². The Labute approximate surface area is 238 Å². The number of rotatable bonds is 10. The second-order valence-electron chi connectivity index (χ2n) is 10.2. The van der Waals surface area contributed by atoms with E-state index in [1.807, 2.05) is 32.0 Å². The molecule has 0 radical (unpaired) electrons. The van der Waals surface area contributed by atoms with E-state index in [0.717, 1.165) is 11.1 Å². The van der Waals surface area contributed by atoms with Gasteiger partial charge in [0.05, 0.1) is 7.11 Å². The summed E-state index contributed by atoms with van der Waals surface area (Å²) in [5.74, 6) is -0.621. The number of pyridine rings is 2. The number of nitrogens with zero attached hydrogens (tertiary/aromatic N) is 4. The maximum atomic E-state index is 14.2. The summed E-state index contributed by atoms with van der Waals surface area (Å²) in [7, 11) is 3.20. The third-order valence-electron chi connectivity index (χ3n) is 6.77. The summed E-state index contributed by atoms with van der Waals surface area (Å²) in [6.45, 7) is 9.26. The zero-order valence-electron chi connectivity index (χ0n) is 23.8. The van der Waals surface area contributed by atoms with Gasteiger partial charge in [0, 0.05) is 60.0 Å². The number of halogens is 1. The topological polar surface area (TPSA) is 113 Å². The van der Waals surface area contributed by atoms with E-state index < -0.39 is 24.2 Å². The molecule has 214 valence electrons. The van der Waals surface area contributed by atoms with Gasteiger partial charge >= 0.3 is 5.97 Å². The molecule has 0 aliphatic rings.